The molecule has 29 heavy (non-hydrogen) atoms. The zero-order valence-electron chi connectivity index (χ0n) is 15.2. The van der Waals surface area contributed by atoms with Gasteiger partial charge in [-0.05, 0) is 48.4 Å². The Balaban J connectivity index is 1.69. The van der Waals surface area contributed by atoms with E-state index >= 15 is 0 Å². The molecule has 2 aliphatic heterocycles. The maximum atomic E-state index is 11.0. The van der Waals surface area contributed by atoms with Gasteiger partial charge in [0, 0.05) is 34.8 Å². The van der Waals surface area contributed by atoms with E-state index < -0.39 is 4.92 Å². The van der Waals surface area contributed by atoms with Crippen molar-refractivity contribution in [3.8, 4) is 11.5 Å². The molecule has 0 spiro atoms. The van der Waals surface area contributed by atoms with Gasteiger partial charge in [-0.3, -0.25) is 10.1 Å². The smallest absolute Gasteiger partial charge is 0.269 e. The van der Waals surface area contributed by atoms with E-state index in [4.69, 9.17) is 14.6 Å². The molecule has 1 aromatic heterocycles. The second kappa shape index (κ2) is 6.78. The van der Waals surface area contributed by atoms with Crippen molar-refractivity contribution < 1.29 is 14.4 Å². The summed E-state index contributed by atoms with van der Waals surface area (Å²) in [4.78, 5) is 10.6. The third kappa shape index (κ3) is 3.05. The highest BCUT2D eigenvalue weighted by Gasteiger charge is 2.29. The minimum Gasteiger partial charge on any atom is -0.454 e. The van der Waals surface area contributed by atoms with Crippen molar-refractivity contribution in [2.75, 3.05) is 11.8 Å². The molecule has 0 radical (unpaired) electrons. The number of hydrogen-bond acceptors (Lipinski definition) is 10. The van der Waals surface area contributed by atoms with Crippen LogP contribution in [0.25, 0.3) is 0 Å². The quantitative estimate of drug-likeness (QED) is 0.478. The van der Waals surface area contributed by atoms with Crippen LogP contribution in [0.4, 0.5) is 10.8 Å². The Kier molecular flexibility index (Phi) is 4.09. The molecule has 0 fully saturated rings. The third-order valence-corrected chi connectivity index (χ3v) is 5.42. The van der Waals surface area contributed by atoms with Crippen molar-refractivity contribution in [3.05, 3.63) is 63.2 Å². The van der Waals surface area contributed by atoms with Crippen LogP contribution in [0.15, 0.2) is 41.5 Å². The van der Waals surface area contributed by atoms with Gasteiger partial charge in [-0.1, -0.05) is 9.59 Å². The van der Waals surface area contributed by atoms with Gasteiger partial charge >= 0.3 is 0 Å². The summed E-state index contributed by atoms with van der Waals surface area (Å²) < 4.78 is 14.9. The Bertz CT molecular complexity index is 1120. The molecule has 0 saturated heterocycles. The van der Waals surface area contributed by atoms with E-state index in [1.165, 1.54) is 12.1 Å². The summed E-state index contributed by atoms with van der Waals surface area (Å²) in [5, 5.41) is 26.0. The molecule has 3 heterocycles. The Labute approximate surface area is 168 Å². The number of nitrogens with zero attached hydrogens (tertiary/aromatic N) is 6. The Morgan fingerprint density at radius 3 is 2.66 bits per heavy atom. The topological polar surface area (TPSA) is 116 Å². The average molecular weight is 410 g/mol. The first kappa shape index (κ1) is 17.5. The lowest BCUT2D eigenvalue weighted by molar-refractivity contribution is -0.384. The molecular weight excluding hydrogens is 396 g/mol. The van der Waals surface area contributed by atoms with Crippen LogP contribution in [0.1, 0.15) is 23.6 Å². The number of benzene rings is 2. The standard InChI is InChI=1S/C18H14N6O4S/c1-10-6-12-7-15-16(28-9-27-15)8-14(12)17(20-23(10)18-19-21-22-29-18)11-2-4-13(5-3-11)24(25)26/h2-5,7-8,10H,6,9H2,1H3. The van der Waals surface area contributed by atoms with E-state index in [0.29, 0.717) is 28.8 Å². The number of fused-ring (bicyclic) bond motifs is 2. The maximum absolute atomic E-state index is 11.0. The summed E-state index contributed by atoms with van der Waals surface area (Å²) in [7, 11) is 0. The molecule has 11 heteroatoms. The number of anilines is 1. The summed E-state index contributed by atoms with van der Waals surface area (Å²) >= 11 is 1.15. The highest BCUT2D eigenvalue weighted by Crippen LogP contribution is 2.38. The lowest BCUT2D eigenvalue weighted by Crippen LogP contribution is -2.29. The largest absolute Gasteiger partial charge is 0.454 e. The summed E-state index contributed by atoms with van der Waals surface area (Å²) in [5.41, 5.74) is 3.35. The molecule has 2 aromatic carbocycles. The molecule has 10 nitrogen and oxygen atoms in total. The predicted molar refractivity (Wildman–Crippen MR) is 105 cm³/mol. The zero-order valence-corrected chi connectivity index (χ0v) is 16.0. The van der Waals surface area contributed by atoms with E-state index in [1.54, 1.807) is 17.1 Å². The molecule has 1 unspecified atom stereocenters. The highest BCUT2D eigenvalue weighted by molar-refractivity contribution is 7.09. The fourth-order valence-electron chi connectivity index (χ4n) is 3.44. The summed E-state index contributed by atoms with van der Waals surface area (Å²) in [6.07, 6.45) is 0.686. The van der Waals surface area contributed by atoms with Crippen LogP contribution in [0.2, 0.25) is 0 Å². The molecule has 146 valence electrons. The lowest BCUT2D eigenvalue weighted by atomic mass is 9.94. The molecule has 0 bridgehead atoms. The van der Waals surface area contributed by atoms with Gasteiger partial charge in [0.15, 0.2) is 11.5 Å². The molecule has 3 aromatic rings. The van der Waals surface area contributed by atoms with Crippen LogP contribution in [-0.2, 0) is 6.42 Å². The molecule has 1 atom stereocenters. The first-order chi connectivity index (χ1) is 14.1. The Hall–Kier alpha value is -3.60. The molecule has 5 rings (SSSR count). The van der Waals surface area contributed by atoms with Gasteiger partial charge in [-0.15, -0.1) is 0 Å². The predicted octanol–water partition coefficient (Wildman–Crippen LogP) is 2.77. The van der Waals surface area contributed by atoms with Gasteiger partial charge in [0.05, 0.1) is 16.7 Å². The minimum atomic E-state index is -0.425. The molecular formula is C18H14N6O4S. The summed E-state index contributed by atoms with van der Waals surface area (Å²) in [5.74, 6) is 1.35. The van der Waals surface area contributed by atoms with Crippen LogP contribution in [0.5, 0.6) is 11.5 Å². The van der Waals surface area contributed by atoms with Gasteiger partial charge in [0.2, 0.25) is 11.9 Å². The lowest BCUT2D eigenvalue weighted by Gasteiger charge is -2.21. The van der Waals surface area contributed by atoms with Gasteiger partial charge in [0.1, 0.15) is 0 Å². The van der Waals surface area contributed by atoms with Gasteiger partial charge in [-0.25, -0.2) is 5.01 Å². The first-order valence-electron chi connectivity index (χ1n) is 8.81. The summed E-state index contributed by atoms with van der Waals surface area (Å²) in [6, 6.07) is 10.2. The van der Waals surface area contributed by atoms with Crippen LogP contribution < -0.4 is 14.5 Å². The molecule has 2 aliphatic rings. The second-order valence-corrected chi connectivity index (χ2v) is 7.37. The first-order valence-corrected chi connectivity index (χ1v) is 9.58. The minimum absolute atomic E-state index is 0.0144. The van der Waals surface area contributed by atoms with E-state index in [-0.39, 0.29) is 18.5 Å². The van der Waals surface area contributed by atoms with Gasteiger partial charge < -0.3 is 9.47 Å². The summed E-state index contributed by atoms with van der Waals surface area (Å²) in [6.45, 7) is 2.22. The number of nitro groups is 1. The number of hydrogen-bond donors (Lipinski definition) is 0. The van der Waals surface area contributed by atoms with Crippen molar-refractivity contribution in [2.45, 2.75) is 19.4 Å². The van der Waals surface area contributed by atoms with Crippen molar-refractivity contribution in [3.63, 3.8) is 0 Å². The monoisotopic (exact) mass is 410 g/mol. The molecule has 0 N–H and O–H groups in total. The highest BCUT2D eigenvalue weighted by atomic mass is 32.1. The molecule has 0 amide bonds. The normalized spacial score (nSPS) is 17.5. The van der Waals surface area contributed by atoms with Crippen molar-refractivity contribution in [1.82, 2.24) is 14.8 Å². The zero-order chi connectivity index (χ0) is 20.0. The van der Waals surface area contributed by atoms with Crippen molar-refractivity contribution >= 4 is 28.1 Å². The number of non-ortho nitro benzene ring substituents is 1. The van der Waals surface area contributed by atoms with E-state index in [9.17, 15) is 10.1 Å². The Morgan fingerprint density at radius 1 is 1.21 bits per heavy atom. The molecule has 0 saturated carbocycles. The SMILES string of the molecule is CC1Cc2cc3c(cc2C(c2ccc([N+](=O)[O-])cc2)=NN1c1nnns1)OCO3. The number of hydrazone groups is 1. The van der Waals surface area contributed by atoms with E-state index in [0.717, 1.165) is 28.2 Å². The van der Waals surface area contributed by atoms with Crippen LogP contribution in [-0.4, -0.2) is 38.3 Å². The van der Waals surface area contributed by atoms with Crippen LogP contribution >= 0.6 is 11.5 Å². The Morgan fingerprint density at radius 2 is 1.97 bits per heavy atom. The van der Waals surface area contributed by atoms with Crippen molar-refractivity contribution in [2.24, 2.45) is 5.10 Å². The average Bonchev–Trinajstić information content (AvgIpc) is 3.38. The second-order valence-electron chi connectivity index (χ2n) is 6.66. The molecule has 0 aliphatic carbocycles. The number of ether oxygens (including phenoxy) is 2. The number of rotatable bonds is 3. The van der Waals surface area contributed by atoms with Gasteiger partial charge in [0.25, 0.3) is 5.69 Å². The third-order valence-electron chi connectivity index (χ3n) is 4.83. The van der Waals surface area contributed by atoms with Crippen LogP contribution in [0, 0.1) is 10.1 Å². The number of nitro benzene ring substituents is 1. The fourth-order valence-corrected chi connectivity index (χ4v) is 3.96. The van der Waals surface area contributed by atoms with E-state index in [2.05, 4.69) is 14.8 Å². The fraction of sp³-hybridized carbons (Fsp3) is 0.222. The van der Waals surface area contributed by atoms with Gasteiger partial charge in [-0.2, -0.15) is 5.10 Å². The van der Waals surface area contributed by atoms with Crippen LogP contribution in [0.3, 0.4) is 0 Å². The number of aromatic nitrogens is 3. The van der Waals surface area contributed by atoms with E-state index in [1.807, 2.05) is 19.1 Å². The van der Waals surface area contributed by atoms with Crippen molar-refractivity contribution in [1.29, 1.82) is 0 Å². The maximum Gasteiger partial charge on any atom is 0.269 e.